The zero-order valence-electron chi connectivity index (χ0n) is 11.9. The molecular weight excluding hydrogens is 284 g/mol. The van der Waals surface area contributed by atoms with Crippen molar-refractivity contribution in [3.63, 3.8) is 0 Å². The van der Waals surface area contributed by atoms with Crippen LogP contribution in [0.25, 0.3) is 0 Å². The zero-order valence-corrected chi connectivity index (χ0v) is 11.9. The molecule has 0 spiro atoms. The van der Waals surface area contributed by atoms with Gasteiger partial charge in [-0.2, -0.15) is 0 Å². The van der Waals surface area contributed by atoms with Crippen LogP contribution in [0.4, 0.5) is 5.69 Å². The quantitative estimate of drug-likeness (QED) is 0.642. The Morgan fingerprint density at radius 3 is 2.23 bits per heavy atom. The second kappa shape index (κ2) is 6.62. The van der Waals surface area contributed by atoms with Crippen LogP contribution in [0.5, 0.6) is 0 Å². The molecule has 112 valence electrons. The number of nitro benzene ring substituents is 1. The summed E-state index contributed by atoms with van der Waals surface area (Å²) in [6.07, 6.45) is 0. The van der Waals surface area contributed by atoms with Gasteiger partial charge in [0, 0.05) is 13.0 Å². The second-order valence-corrected chi connectivity index (χ2v) is 4.67. The highest BCUT2D eigenvalue weighted by Crippen LogP contribution is 2.20. The summed E-state index contributed by atoms with van der Waals surface area (Å²) < 4.78 is 0. The van der Waals surface area contributed by atoms with Gasteiger partial charge in [-0.15, -0.1) is 0 Å². The minimum absolute atomic E-state index is 0.0705. The van der Waals surface area contributed by atoms with Crippen LogP contribution in [0.2, 0.25) is 0 Å². The molecule has 0 aliphatic heterocycles. The first-order chi connectivity index (χ1) is 10.5. The molecule has 0 saturated carbocycles. The van der Waals surface area contributed by atoms with Gasteiger partial charge >= 0.3 is 0 Å². The molecule has 0 bridgehead atoms. The van der Waals surface area contributed by atoms with E-state index in [0.717, 1.165) is 10.5 Å². The van der Waals surface area contributed by atoms with E-state index in [2.05, 4.69) is 0 Å². The molecule has 2 aromatic rings. The lowest BCUT2D eigenvalue weighted by Crippen LogP contribution is -2.35. The van der Waals surface area contributed by atoms with Crippen LogP contribution < -0.4 is 0 Å². The largest absolute Gasteiger partial charge is 0.282 e. The average Bonchev–Trinajstić information content (AvgIpc) is 2.52. The van der Waals surface area contributed by atoms with E-state index in [0.29, 0.717) is 0 Å². The summed E-state index contributed by atoms with van der Waals surface area (Å²) in [6, 6.07) is 14.6. The Labute approximate surface area is 127 Å². The van der Waals surface area contributed by atoms with E-state index in [9.17, 15) is 19.7 Å². The normalized spacial score (nSPS) is 10.0. The van der Waals surface area contributed by atoms with Crippen LogP contribution in [0, 0.1) is 10.1 Å². The van der Waals surface area contributed by atoms with Crippen LogP contribution in [0.1, 0.15) is 22.8 Å². The number of carbonyl (C=O) groups excluding carboxylic acids is 2. The Bertz CT molecular complexity index is 713. The van der Waals surface area contributed by atoms with Crippen molar-refractivity contribution in [2.24, 2.45) is 0 Å². The summed E-state index contributed by atoms with van der Waals surface area (Å²) in [7, 11) is 0. The minimum Gasteiger partial charge on any atom is -0.275 e. The van der Waals surface area contributed by atoms with Crippen molar-refractivity contribution in [3.05, 3.63) is 75.8 Å². The number of hydrogen-bond acceptors (Lipinski definition) is 4. The van der Waals surface area contributed by atoms with Crippen molar-refractivity contribution in [1.82, 2.24) is 4.90 Å². The Balaban J connectivity index is 2.35. The number of nitrogens with zero attached hydrogens (tertiary/aromatic N) is 2. The van der Waals surface area contributed by atoms with Crippen molar-refractivity contribution in [2.45, 2.75) is 13.5 Å². The van der Waals surface area contributed by atoms with Gasteiger partial charge < -0.3 is 0 Å². The van der Waals surface area contributed by atoms with E-state index >= 15 is 0 Å². The summed E-state index contributed by atoms with van der Waals surface area (Å²) in [5.74, 6) is -1.14. The van der Waals surface area contributed by atoms with Crippen LogP contribution >= 0.6 is 0 Å². The SMILES string of the molecule is CC(=O)N(Cc1ccccc1)C(=O)c1ccccc1[N+](=O)[O-]. The van der Waals surface area contributed by atoms with Crippen LogP contribution in [0.15, 0.2) is 54.6 Å². The fraction of sp³-hybridized carbons (Fsp3) is 0.125. The predicted octanol–water partition coefficient (Wildman–Crippen LogP) is 2.78. The van der Waals surface area contributed by atoms with E-state index in [1.54, 1.807) is 24.3 Å². The van der Waals surface area contributed by atoms with Gasteiger partial charge in [0.2, 0.25) is 5.91 Å². The van der Waals surface area contributed by atoms with Gasteiger partial charge in [0.25, 0.3) is 11.6 Å². The summed E-state index contributed by atoms with van der Waals surface area (Å²) in [5.41, 5.74) is 0.357. The first kappa shape index (κ1) is 15.4. The number of amides is 2. The Hall–Kier alpha value is -3.02. The van der Waals surface area contributed by atoms with Gasteiger partial charge in [-0.05, 0) is 11.6 Å². The molecule has 0 heterocycles. The minimum atomic E-state index is -0.677. The molecule has 6 nitrogen and oxygen atoms in total. The lowest BCUT2D eigenvalue weighted by molar-refractivity contribution is -0.385. The van der Waals surface area contributed by atoms with Crippen molar-refractivity contribution < 1.29 is 14.5 Å². The number of benzene rings is 2. The van der Waals surface area contributed by atoms with Crippen LogP contribution in [-0.4, -0.2) is 21.6 Å². The third-order valence-corrected chi connectivity index (χ3v) is 3.14. The summed E-state index contributed by atoms with van der Waals surface area (Å²) in [4.78, 5) is 35.7. The molecule has 0 aromatic heterocycles. The number of nitro groups is 1. The standard InChI is InChI=1S/C16H14N2O4/c1-12(19)17(11-13-7-3-2-4-8-13)16(20)14-9-5-6-10-15(14)18(21)22/h2-10H,11H2,1H3. The third-order valence-electron chi connectivity index (χ3n) is 3.14. The lowest BCUT2D eigenvalue weighted by atomic mass is 10.1. The zero-order chi connectivity index (χ0) is 16.1. The molecule has 0 aliphatic carbocycles. The maximum Gasteiger partial charge on any atom is 0.282 e. The van der Waals surface area contributed by atoms with Gasteiger partial charge in [-0.3, -0.25) is 24.6 Å². The van der Waals surface area contributed by atoms with Crippen molar-refractivity contribution >= 4 is 17.5 Å². The molecule has 22 heavy (non-hydrogen) atoms. The van der Waals surface area contributed by atoms with Gasteiger partial charge in [0.15, 0.2) is 0 Å². The van der Waals surface area contributed by atoms with Crippen molar-refractivity contribution in [1.29, 1.82) is 0 Å². The molecule has 0 radical (unpaired) electrons. The van der Waals surface area contributed by atoms with E-state index in [-0.39, 0.29) is 17.8 Å². The van der Waals surface area contributed by atoms with E-state index in [4.69, 9.17) is 0 Å². The maximum atomic E-state index is 12.5. The van der Waals surface area contributed by atoms with Gasteiger partial charge in [-0.25, -0.2) is 0 Å². The molecule has 0 fully saturated rings. The molecule has 2 rings (SSSR count). The molecule has 2 amide bonds. The van der Waals surface area contributed by atoms with Crippen molar-refractivity contribution in [3.8, 4) is 0 Å². The van der Waals surface area contributed by atoms with E-state index < -0.39 is 16.7 Å². The van der Waals surface area contributed by atoms with E-state index in [1.807, 2.05) is 6.07 Å². The Morgan fingerprint density at radius 2 is 1.64 bits per heavy atom. The smallest absolute Gasteiger partial charge is 0.275 e. The number of imide groups is 1. The highest BCUT2D eigenvalue weighted by atomic mass is 16.6. The van der Waals surface area contributed by atoms with E-state index in [1.165, 1.54) is 31.2 Å². The number of rotatable bonds is 4. The second-order valence-electron chi connectivity index (χ2n) is 4.67. The Morgan fingerprint density at radius 1 is 1.05 bits per heavy atom. The summed E-state index contributed by atoms with van der Waals surface area (Å²) >= 11 is 0. The lowest BCUT2D eigenvalue weighted by Gasteiger charge is -2.19. The highest BCUT2D eigenvalue weighted by Gasteiger charge is 2.26. The summed E-state index contributed by atoms with van der Waals surface area (Å²) in [5, 5.41) is 11.0. The number of carbonyl (C=O) groups is 2. The monoisotopic (exact) mass is 298 g/mol. The molecule has 2 aromatic carbocycles. The number of hydrogen-bond donors (Lipinski definition) is 0. The average molecular weight is 298 g/mol. The fourth-order valence-corrected chi connectivity index (χ4v) is 2.05. The number of para-hydroxylation sites is 1. The first-order valence-electron chi connectivity index (χ1n) is 6.60. The third kappa shape index (κ3) is 3.35. The van der Waals surface area contributed by atoms with Gasteiger partial charge in [0.1, 0.15) is 5.56 Å². The summed E-state index contributed by atoms with van der Waals surface area (Å²) in [6.45, 7) is 1.33. The highest BCUT2D eigenvalue weighted by molar-refractivity contribution is 6.06. The van der Waals surface area contributed by atoms with Crippen LogP contribution in [0.3, 0.4) is 0 Å². The van der Waals surface area contributed by atoms with Crippen molar-refractivity contribution in [2.75, 3.05) is 0 Å². The Kier molecular flexibility index (Phi) is 4.63. The maximum absolute atomic E-state index is 12.5. The fourth-order valence-electron chi connectivity index (χ4n) is 2.05. The molecule has 0 aliphatic rings. The molecule has 0 unspecified atom stereocenters. The molecule has 0 N–H and O–H groups in total. The molecule has 6 heteroatoms. The topological polar surface area (TPSA) is 80.5 Å². The molecule has 0 saturated heterocycles. The first-order valence-corrected chi connectivity index (χ1v) is 6.60. The van der Waals surface area contributed by atoms with Crippen LogP contribution in [-0.2, 0) is 11.3 Å². The van der Waals surface area contributed by atoms with Gasteiger partial charge in [0.05, 0.1) is 11.5 Å². The molecule has 0 atom stereocenters. The van der Waals surface area contributed by atoms with Gasteiger partial charge in [-0.1, -0.05) is 42.5 Å². The molecular formula is C16H14N2O4. The predicted molar refractivity (Wildman–Crippen MR) is 80.1 cm³/mol.